The van der Waals surface area contributed by atoms with Gasteiger partial charge < -0.3 is 5.73 Å². The highest BCUT2D eigenvalue weighted by molar-refractivity contribution is 5.85. The largest absolute Gasteiger partial charge is 0.387 e. The number of halogens is 1. The van der Waals surface area contributed by atoms with Crippen LogP contribution in [0.1, 0.15) is 5.56 Å². The van der Waals surface area contributed by atoms with Crippen molar-refractivity contribution in [1.29, 1.82) is 5.41 Å². The van der Waals surface area contributed by atoms with Crippen LogP contribution in [0.5, 0.6) is 0 Å². The Kier molecular flexibility index (Phi) is 4.30. The second kappa shape index (κ2) is 4.74. The van der Waals surface area contributed by atoms with Gasteiger partial charge in [-0.15, -0.1) is 12.4 Å². The molecule has 0 saturated carbocycles. The van der Waals surface area contributed by atoms with E-state index in [9.17, 15) is 0 Å². The molecular formula is C8H11ClN2. The molecule has 0 spiro atoms. The average Bonchev–Trinajstić information content (AvgIpc) is 1.88. The number of nitrogens with one attached hydrogen (secondary N) is 1. The number of hydrogen-bond donors (Lipinski definition) is 2. The molecule has 60 valence electrons. The maximum atomic E-state index is 7.01. The molecule has 0 atom stereocenters. The summed E-state index contributed by atoms with van der Waals surface area (Å²) in [5, 5.41) is 7.01. The Bertz CT molecular complexity index is 221. The second-order valence-electron chi connectivity index (χ2n) is 2.19. The van der Waals surface area contributed by atoms with E-state index in [0.717, 1.165) is 5.56 Å². The van der Waals surface area contributed by atoms with E-state index < -0.39 is 0 Å². The molecule has 0 radical (unpaired) electrons. The molecule has 3 N–H and O–H groups in total. The molecule has 0 aromatic heterocycles. The van der Waals surface area contributed by atoms with Crippen molar-refractivity contribution in [3.63, 3.8) is 0 Å². The Balaban J connectivity index is 0.000001000. The van der Waals surface area contributed by atoms with Crippen LogP contribution in [0.2, 0.25) is 0 Å². The normalized spacial score (nSPS) is 8.36. The fraction of sp³-hybridized carbons (Fsp3) is 0.125. The predicted octanol–water partition coefficient (Wildman–Crippen LogP) is 1.59. The molecule has 0 heterocycles. The van der Waals surface area contributed by atoms with Crippen LogP contribution in [-0.2, 0) is 6.42 Å². The topological polar surface area (TPSA) is 49.9 Å². The molecule has 0 bridgehead atoms. The number of rotatable bonds is 2. The Morgan fingerprint density at radius 3 is 2.27 bits per heavy atom. The molecule has 1 rings (SSSR count). The van der Waals surface area contributed by atoms with Crippen LogP contribution in [-0.4, -0.2) is 5.84 Å². The highest BCUT2D eigenvalue weighted by Gasteiger charge is 1.90. The lowest BCUT2D eigenvalue weighted by atomic mass is 10.1. The zero-order valence-electron chi connectivity index (χ0n) is 6.08. The Hall–Kier alpha value is -1.02. The summed E-state index contributed by atoms with van der Waals surface area (Å²) < 4.78 is 0. The van der Waals surface area contributed by atoms with E-state index in [2.05, 4.69) is 0 Å². The fourth-order valence-corrected chi connectivity index (χ4v) is 0.816. The zero-order valence-corrected chi connectivity index (χ0v) is 6.90. The van der Waals surface area contributed by atoms with Crippen molar-refractivity contribution in [1.82, 2.24) is 0 Å². The first-order valence-corrected chi connectivity index (χ1v) is 3.16. The molecule has 0 aliphatic carbocycles. The van der Waals surface area contributed by atoms with E-state index in [1.807, 2.05) is 30.3 Å². The summed E-state index contributed by atoms with van der Waals surface area (Å²) in [6.45, 7) is 0. The van der Waals surface area contributed by atoms with Gasteiger partial charge in [0, 0.05) is 6.42 Å². The molecule has 0 amide bonds. The van der Waals surface area contributed by atoms with Crippen LogP contribution >= 0.6 is 12.4 Å². The Morgan fingerprint density at radius 1 is 1.27 bits per heavy atom. The minimum absolute atomic E-state index is 0. The zero-order chi connectivity index (χ0) is 7.40. The van der Waals surface area contributed by atoms with Gasteiger partial charge in [-0.05, 0) is 5.56 Å². The molecule has 0 aliphatic rings. The first-order valence-electron chi connectivity index (χ1n) is 3.16. The van der Waals surface area contributed by atoms with Crippen LogP contribution < -0.4 is 5.73 Å². The molecule has 0 unspecified atom stereocenters. The van der Waals surface area contributed by atoms with Crippen LogP contribution in [0.15, 0.2) is 30.3 Å². The van der Waals surface area contributed by atoms with E-state index in [4.69, 9.17) is 11.1 Å². The van der Waals surface area contributed by atoms with Crippen LogP contribution in [0.4, 0.5) is 0 Å². The van der Waals surface area contributed by atoms with Gasteiger partial charge in [0.25, 0.3) is 0 Å². The minimum Gasteiger partial charge on any atom is -0.387 e. The number of hydrogen-bond acceptors (Lipinski definition) is 1. The molecule has 1 aromatic carbocycles. The van der Waals surface area contributed by atoms with Gasteiger partial charge in [0.15, 0.2) is 0 Å². The summed E-state index contributed by atoms with van der Waals surface area (Å²) >= 11 is 0. The van der Waals surface area contributed by atoms with Gasteiger partial charge in [-0.3, -0.25) is 5.41 Å². The van der Waals surface area contributed by atoms with E-state index in [1.165, 1.54) is 0 Å². The molecule has 0 saturated heterocycles. The Morgan fingerprint density at radius 2 is 1.82 bits per heavy atom. The van der Waals surface area contributed by atoms with Crippen molar-refractivity contribution in [2.45, 2.75) is 6.42 Å². The Labute approximate surface area is 72.3 Å². The summed E-state index contributed by atoms with van der Waals surface area (Å²) in [5.41, 5.74) is 6.30. The van der Waals surface area contributed by atoms with Crippen molar-refractivity contribution in [2.75, 3.05) is 0 Å². The summed E-state index contributed by atoms with van der Waals surface area (Å²) in [6.07, 6.45) is 0.556. The summed E-state index contributed by atoms with van der Waals surface area (Å²) in [6, 6.07) is 9.75. The molecule has 0 aliphatic heterocycles. The van der Waals surface area contributed by atoms with Crippen molar-refractivity contribution in [2.24, 2.45) is 5.73 Å². The maximum Gasteiger partial charge on any atom is 0.0950 e. The SMILES string of the molecule is Cl.N=C(N)Cc1ccccc1. The van der Waals surface area contributed by atoms with Crippen LogP contribution in [0.3, 0.4) is 0 Å². The number of nitrogens with two attached hydrogens (primary N) is 1. The molecule has 1 aromatic rings. The lowest BCUT2D eigenvalue weighted by Gasteiger charge is -1.96. The third kappa shape index (κ3) is 3.63. The third-order valence-electron chi connectivity index (χ3n) is 1.24. The summed E-state index contributed by atoms with van der Waals surface area (Å²) in [5.74, 6) is 0.214. The lowest BCUT2D eigenvalue weighted by molar-refractivity contribution is 1.25. The first kappa shape index (κ1) is 9.98. The van der Waals surface area contributed by atoms with Crippen molar-refractivity contribution in [3.8, 4) is 0 Å². The van der Waals surface area contributed by atoms with E-state index in [0.29, 0.717) is 6.42 Å². The summed E-state index contributed by atoms with van der Waals surface area (Å²) in [7, 11) is 0. The van der Waals surface area contributed by atoms with Gasteiger partial charge >= 0.3 is 0 Å². The van der Waals surface area contributed by atoms with Gasteiger partial charge in [0.05, 0.1) is 5.84 Å². The first-order chi connectivity index (χ1) is 4.79. The minimum atomic E-state index is 0. The summed E-state index contributed by atoms with van der Waals surface area (Å²) in [4.78, 5) is 0. The quantitative estimate of drug-likeness (QED) is 0.514. The van der Waals surface area contributed by atoms with Crippen molar-refractivity contribution in [3.05, 3.63) is 35.9 Å². The van der Waals surface area contributed by atoms with E-state index in [1.54, 1.807) is 0 Å². The van der Waals surface area contributed by atoms with Gasteiger partial charge in [-0.1, -0.05) is 30.3 Å². The van der Waals surface area contributed by atoms with Gasteiger partial charge in [-0.2, -0.15) is 0 Å². The highest BCUT2D eigenvalue weighted by atomic mass is 35.5. The third-order valence-corrected chi connectivity index (χ3v) is 1.24. The molecular weight excluding hydrogens is 160 g/mol. The van der Waals surface area contributed by atoms with Crippen molar-refractivity contribution >= 4 is 18.2 Å². The van der Waals surface area contributed by atoms with Crippen LogP contribution in [0, 0.1) is 5.41 Å². The average molecular weight is 171 g/mol. The fourth-order valence-electron chi connectivity index (χ4n) is 0.816. The molecule has 0 fully saturated rings. The smallest absolute Gasteiger partial charge is 0.0950 e. The molecule has 11 heavy (non-hydrogen) atoms. The van der Waals surface area contributed by atoms with E-state index >= 15 is 0 Å². The standard InChI is InChI=1S/C8H10N2.ClH/c9-8(10)6-7-4-2-1-3-5-7;/h1-5H,6H2,(H3,9,10);1H. The molecule has 3 heteroatoms. The van der Waals surface area contributed by atoms with Gasteiger partial charge in [-0.25, -0.2) is 0 Å². The van der Waals surface area contributed by atoms with Crippen molar-refractivity contribution < 1.29 is 0 Å². The highest BCUT2D eigenvalue weighted by Crippen LogP contribution is 1.97. The van der Waals surface area contributed by atoms with Gasteiger partial charge in [0.1, 0.15) is 0 Å². The van der Waals surface area contributed by atoms with Crippen LogP contribution in [0.25, 0.3) is 0 Å². The number of amidine groups is 1. The molecule has 2 nitrogen and oxygen atoms in total. The monoisotopic (exact) mass is 170 g/mol. The number of benzene rings is 1. The lowest BCUT2D eigenvalue weighted by Crippen LogP contribution is -2.12. The van der Waals surface area contributed by atoms with E-state index in [-0.39, 0.29) is 18.2 Å². The van der Waals surface area contributed by atoms with Gasteiger partial charge in [0.2, 0.25) is 0 Å². The predicted molar refractivity (Wildman–Crippen MR) is 49.3 cm³/mol. The second-order valence-corrected chi connectivity index (χ2v) is 2.19. The maximum absolute atomic E-state index is 7.01.